The van der Waals surface area contributed by atoms with E-state index in [4.69, 9.17) is 9.72 Å². The summed E-state index contributed by atoms with van der Waals surface area (Å²) in [4.78, 5) is 24.3. The highest BCUT2D eigenvalue weighted by Gasteiger charge is 2.28. The Morgan fingerprint density at radius 3 is 2.19 bits per heavy atom. The molecule has 0 aliphatic carbocycles. The van der Waals surface area contributed by atoms with Gasteiger partial charge in [0.1, 0.15) is 23.2 Å². The van der Waals surface area contributed by atoms with Crippen LogP contribution in [0.1, 0.15) is 104 Å². The molecule has 1 saturated heterocycles. The van der Waals surface area contributed by atoms with Crippen LogP contribution in [0, 0.1) is 34.8 Å². The number of allylic oxidation sites excluding steroid dienone is 1. The van der Waals surface area contributed by atoms with E-state index >= 15 is 4.39 Å². The molecule has 7 nitrogen and oxygen atoms in total. The maximum Gasteiger partial charge on any atom is 0.318 e. The maximum atomic E-state index is 16.6. The number of benzene rings is 2. The summed E-state index contributed by atoms with van der Waals surface area (Å²) in [7, 11) is 3.65. The fourth-order valence-corrected chi connectivity index (χ4v) is 7.69. The van der Waals surface area contributed by atoms with Crippen LogP contribution in [-0.4, -0.2) is 60.5 Å². The highest BCUT2D eigenvalue weighted by Crippen LogP contribution is 2.44. The summed E-state index contributed by atoms with van der Waals surface area (Å²) < 4.78 is 37.3. The summed E-state index contributed by atoms with van der Waals surface area (Å²) in [5.41, 5.74) is 1.27. The van der Waals surface area contributed by atoms with E-state index in [-0.39, 0.29) is 34.8 Å². The van der Waals surface area contributed by atoms with Gasteiger partial charge in [-0.3, -0.25) is 4.79 Å². The molecule has 2 aromatic carbocycles. The van der Waals surface area contributed by atoms with Gasteiger partial charge in [0.2, 0.25) is 0 Å². The number of ether oxygens (including phenoxy) is 1. The van der Waals surface area contributed by atoms with Gasteiger partial charge in [-0.25, -0.2) is 8.78 Å². The predicted octanol–water partition coefficient (Wildman–Crippen LogP) is 10.9. The Bertz CT molecular complexity index is 1860. The van der Waals surface area contributed by atoms with Crippen molar-refractivity contribution in [2.75, 3.05) is 38.7 Å². The number of methoxy groups -OCH3 is 1. The van der Waals surface area contributed by atoms with Gasteiger partial charge in [-0.15, -0.1) is 11.3 Å². The number of ketones is 1. The molecule has 2 unspecified atom stereocenters. The van der Waals surface area contributed by atoms with Crippen LogP contribution < -0.4 is 9.64 Å². The van der Waals surface area contributed by atoms with Crippen LogP contribution in [0.5, 0.6) is 6.01 Å². The van der Waals surface area contributed by atoms with Crippen molar-refractivity contribution < 1.29 is 18.3 Å². The topological polar surface area (TPSA) is 82.4 Å². The fourth-order valence-electron chi connectivity index (χ4n) is 6.50. The van der Waals surface area contributed by atoms with E-state index in [1.54, 1.807) is 12.1 Å². The van der Waals surface area contributed by atoms with Crippen LogP contribution in [-0.2, 0) is 4.79 Å². The van der Waals surface area contributed by atoms with E-state index in [9.17, 15) is 14.4 Å². The molecule has 5 rings (SSSR count). The van der Waals surface area contributed by atoms with E-state index in [2.05, 4.69) is 69.1 Å². The Kier molecular flexibility index (Phi) is 16.1. The molecule has 0 amide bonds. The van der Waals surface area contributed by atoms with Crippen molar-refractivity contribution in [3.8, 4) is 23.2 Å². The smallest absolute Gasteiger partial charge is 0.318 e. The predicted molar refractivity (Wildman–Crippen MR) is 214 cm³/mol. The molecule has 0 N–H and O–H groups in total. The molecule has 1 fully saturated rings. The number of nitriles is 1. The quantitative estimate of drug-likeness (QED) is 0.134. The third-order valence-corrected chi connectivity index (χ3v) is 11.2. The first-order chi connectivity index (χ1) is 24.7. The number of fused-ring (bicyclic) bond motifs is 2. The van der Waals surface area contributed by atoms with E-state index in [0.29, 0.717) is 50.8 Å². The third-order valence-electron chi connectivity index (χ3n) is 9.74. The average molecular weight is 734 g/mol. The number of aromatic nitrogens is 2. The maximum absolute atomic E-state index is 16.6. The number of nitrogens with zero attached hydrogens (tertiary/aromatic N) is 5. The largest absolute Gasteiger partial charge is 0.467 e. The first-order valence-corrected chi connectivity index (χ1v) is 19.3. The zero-order valence-corrected chi connectivity index (χ0v) is 33.6. The summed E-state index contributed by atoms with van der Waals surface area (Å²) in [6.07, 6.45) is 7.32. The van der Waals surface area contributed by atoms with Gasteiger partial charge in [0.05, 0.1) is 17.4 Å². The number of anilines is 1. The molecular weight excluding hydrogens is 677 g/mol. The SMILES string of the molecule is C=CC(C)=O.CCC(C)CCC(C(C)C)N(CC)c1nc(OC)nc2c(F)c(-c3ccc(F)c4sc(C(C)C)c(C#N)c34)ccc12.CN1CCCC1. The number of likely N-dealkylation sites (tertiary alicyclic amines) is 1. The zero-order chi connectivity index (χ0) is 38.7. The summed E-state index contributed by atoms with van der Waals surface area (Å²) in [6, 6.07) is 9.00. The Morgan fingerprint density at radius 1 is 1.08 bits per heavy atom. The molecule has 0 saturated carbocycles. The van der Waals surface area contributed by atoms with Crippen LogP contribution >= 0.6 is 11.3 Å². The molecule has 0 radical (unpaired) electrons. The lowest BCUT2D eigenvalue weighted by Gasteiger charge is -2.36. The summed E-state index contributed by atoms with van der Waals surface area (Å²) >= 11 is 1.26. The van der Waals surface area contributed by atoms with Crippen LogP contribution in [0.2, 0.25) is 0 Å². The lowest BCUT2D eigenvalue weighted by molar-refractivity contribution is -0.112. The molecule has 2 atom stereocenters. The van der Waals surface area contributed by atoms with Gasteiger partial charge in [0.25, 0.3) is 0 Å². The number of carbonyl (C=O) groups excluding carboxylic acids is 1. The first-order valence-electron chi connectivity index (χ1n) is 18.5. The molecule has 10 heteroatoms. The average Bonchev–Trinajstić information content (AvgIpc) is 3.78. The highest BCUT2D eigenvalue weighted by atomic mass is 32.1. The van der Waals surface area contributed by atoms with Gasteiger partial charge < -0.3 is 14.5 Å². The normalized spacial score (nSPS) is 14.0. The van der Waals surface area contributed by atoms with Crippen LogP contribution in [0.4, 0.5) is 14.6 Å². The molecule has 4 aromatic rings. The number of rotatable bonds is 12. The molecule has 2 aromatic heterocycles. The van der Waals surface area contributed by atoms with Gasteiger partial charge >= 0.3 is 6.01 Å². The summed E-state index contributed by atoms with van der Waals surface area (Å²) in [5.74, 6) is 0.697. The van der Waals surface area contributed by atoms with Gasteiger partial charge in [0, 0.05) is 33.8 Å². The van der Waals surface area contributed by atoms with E-state index < -0.39 is 11.6 Å². The fraction of sp³-hybridized carbons (Fsp3) is 0.524. The summed E-state index contributed by atoms with van der Waals surface area (Å²) in [6.45, 7) is 22.9. The van der Waals surface area contributed by atoms with E-state index in [1.807, 2.05) is 19.9 Å². The molecular formula is C42H57F2N5O2S. The van der Waals surface area contributed by atoms with Crippen molar-refractivity contribution in [3.63, 3.8) is 0 Å². The monoisotopic (exact) mass is 733 g/mol. The Morgan fingerprint density at radius 2 is 1.71 bits per heavy atom. The Balaban J connectivity index is 0.000000569. The number of carbonyl (C=O) groups is 1. The standard InChI is InChI=1S/C33H40F2N4OS.C5H11N.C4H6O/c1-9-20(7)11-16-26(18(3)4)39(10-2)32-23-13-12-22(28(35)29(23)37-33(38-32)40-8)21-14-15-25(34)31-27(21)24(17-36)30(41-31)19(5)6;1-6-4-2-3-5-6;1-3-4(2)5/h12-15,18-20,26H,9-11,16H2,1-8H3;2-5H2,1H3;3H,1H2,2H3. The van der Waals surface area contributed by atoms with Crippen LogP contribution in [0.3, 0.4) is 0 Å². The summed E-state index contributed by atoms with van der Waals surface area (Å²) in [5, 5.41) is 11.1. The zero-order valence-electron chi connectivity index (χ0n) is 32.8. The number of hydrogen-bond donors (Lipinski definition) is 0. The van der Waals surface area contributed by atoms with E-state index in [1.165, 1.54) is 63.4 Å². The third kappa shape index (κ3) is 10.1. The van der Waals surface area contributed by atoms with Crippen molar-refractivity contribution >= 4 is 43.9 Å². The molecule has 1 aliphatic rings. The highest BCUT2D eigenvalue weighted by molar-refractivity contribution is 7.19. The van der Waals surface area contributed by atoms with Crippen molar-refractivity contribution in [1.29, 1.82) is 5.26 Å². The Hall–Kier alpha value is -3.94. The number of thiophene rings is 1. The minimum atomic E-state index is -0.546. The van der Waals surface area contributed by atoms with Crippen LogP contribution in [0.25, 0.3) is 32.1 Å². The minimum absolute atomic E-state index is 0.0185. The second-order valence-electron chi connectivity index (χ2n) is 14.3. The molecule has 0 bridgehead atoms. The molecule has 0 spiro atoms. The Labute approximate surface area is 313 Å². The van der Waals surface area contributed by atoms with Crippen molar-refractivity contribution in [2.24, 2.45) is 11.8 Å². The first kappa shape index (κ1) is 42.5. The lowest BCUT2D eigenvalue weighted by Crippen LogP contribution is -2.40. The van der Waals surface area contributed by atoms with Crippen molar-refractivity contribution in [2.45, 2.75) is 99.5 Å². The number of hydrogen-bond acceptors (Lipinski definition) is 8. The van der Waals surface area contributed by atoms with Crippen LogP contribution in [0.15, 0.2) is 36.9 Å². The molecule has 1 aliphatic heterocycles. The van der Waals surface area contributed by atoms with Crippen molar-refractivity contribution in [3.05, 3.63) is 59.0 Å². The second-order valence-corrected chi connectivity index (χ2v) is 15.3. The van der Waals surface area contributed by atoms with Gasteiger partial charge in [-0.2, -0.15) is 15.2 Å². The number of halogens is 2. The van der Waals surface area contributed by atoms with Gasteiger partial charge in [-0.05, 0) is 101 Å². The van der Waals surface area contributed by atoms with E-state index in [0.717, 1.165) is 24.1 Å². The molecule has 3 heterocycles. The molecule has 52 heavy (non-hydrogen) atoms. The van der Waals surface area contributed by atoms with Crippen molar-refractivity contribution in [1.82, 2.24) is 14.9 Å². The van der Waals surface area contributed by atoms with Gasteiger partial charge in [-0.1, -0.05) is 66.7 Å². The lowest BCUT2D eigenvalue weighted by atomic mass is 9.92. The minimum Gasteiger partial charge on any atom is -0.467 e. The second kappa shape index (κ2) is 19.8. The van der Waals surface area contributed by atoms with Gasteiger partial charge in [0.15, 0.2) is 11.6 Å². The molecule has 282 valence electrons.